The van der Waals surface area contributed by atoms with Gasteiger partial charge in [0.15, 0.2) is 11.7 Å². The highest BCUT2D eigenvalue weighted by molar-refractivity contribution is 6.20. The molecule has 0 radical (unpaired) electrons. The Kier molecular flexibility index (Phi) is 6.14. The molecule has 0 aromatic heterocycles. The number of alkyl halides is 3. The first-order chi connectivity index (χ1) is 14.1. The zero-order chi connectivity index (χ0) is 22.1. The maximum atomic E-state index is 13.0. The Balaban J connectivity index is 1.85. The van der Waals surface area contributed by atoms with Gasteiger partial charge in [0.1, 0.15) is 6.54 Å². The molecule has 1 aliphatic heterocycles. The number of carboxylic acid groups (broad SMARTS) is 1. The van der Waals surface area contributed by atoms with Crippen molar-refractivity contribution in [3.63, 3.8) is 0 Å². The lowest BCUT2D eigenvalue weighted by Gasteiger charge is -2.45. The minimum atomic E-state index is -4.48. The summed E-state index contributed by atoms with van der Waals surface area (Å²) in [4.78, 5) is 50.3. The average Bonchev–Trinajstić information content (AvgIpc) is 2.69. The second-order valence-corrected chi connectivity index (χ2v) is 7.57. The predicted molar refractivity (Wildman–Crippen MR) is 96.9 cm³/mol. The van der Waals surface area contributed by atoms with Gasteiger partial charge in [-0.05, 0) is 30.5 Å². The van der Waals surface area contributed by atoms with E-state index in [0.29, 0.717) is 18.4 Å². The van der Waals surface area contributed by atoms with E-state index in [9.17, 15) is 32.3 Å². The summed E-state index contributed by atoms with van der Waals surface area (Å²) in [6, 6.07) is 3.95. The number of hydrogen-bond acceptors (Lipinski definition) is 4. The first-order valence-electron chi connectivity index (χ1n) is 9.59. The summed E-state index contributed by atoms with van der Waals surface area (Å²) in [6.07, 6.45) is -1.86. The van der Waals surface area contributed by atoms with Crippen LogP contribution in [0.15, 0.2) is 24.3 Å². The first kappa shape index (κ1) is 21.8. The van der Waals surface area contributed by atoms with Crippen molar-refractivity contribution in [1.29, 1.82) is 0 Å². The molecule has 1 saturated heterocycles. The lowest BCUT2D eigenvalue weighted by molar-refractivity contribution is -0.160. The fraction of sp³-hybridized carbons (Fsp3) is 0.500. The molecule has 162 valence electrons. The molecule has 30 heavy (non-hydrogen) atoms. The van der Waals surface area contributed by atoms with Crippen molar-refractivity contribution in [2.45, 2.75) is 44.4 Å². The molecule has 2 fully saturated rings. The maximum Gasteiger partial charge on any atom is 0.416 e. The van der Waals surface area contributed by atoms with E-state index in [1.54, 1.807) is 0 Å². The van der Waals surface area contributed by atoms with Crippen molar-refractivity contribution in [3.8, 4) is 0 Å². The highest BCUT2D eigenvalue weighted by Gasteiger charge is 2.51. The largest absolute Gasteiger partial charge is 0.480 e. The molecular weight excluding hydrogens is 405 g/mol. The van der Waals surface area contributed by atoms with Gasteiger partial charge in [0.2, 0.25) is 11.8 Å². The van der Waals surface area contributed by atoms with Gasteiger partial charge in [-0.2, -0.15) is 13.2 Å². The van der Waals surface area contributed by atoms with Crippen LogP contribution >= 0.6 is 0 Å². The normalized spacial score (nSPS) is 24.4. The number of piperidine rings is 1. The van der Waals surface area contributed by atoms with E-state index in [-0.39, 0.29) is 6.54 Å². The van der Waals surface area contributed by atoms with Crippen molar-refractivity contribution < 1.29 is 37.5 Å². The van der Waals surface area contributed by atoms with Crippen LogP contribution in [0, 0.1) is 11.8 Å². The van der Waals surface area contributed by atoms with Crippen molar-refractivity contribution in [2.75, 3.05) is 6.54 Å². The number of ketones is 1. The number of halogens is 3. The number of carbonyl (C=O) groups excluding carboxylic acids is 3. The molecule has 10 heteroatoms. The van der Waals surface area contributed by atoms with Crippen LogP contribution in [-0.4, -0.2) is 46.2 Å². The zero-order valence-corrected chi connectivity index (χ0v) is 15.9. The van der Waals surface area contributed by atoms with Crippen molar-refractivity contribution in [1.82, 2.24) is 10.2 Å². The molecule has 2 N–H and O–H groups in total. The SMILES string of the molecule is O=C(O)CNC(=O)C1C(=O)C2CCCCC2N(Cc2ccc(C(F)(F)F)cc2)C1=O. The molecule has 1 aromatic carbocycles. The number of carbonyl (C=O) groups is 4. The number of nitrogens with one attached hydrogen (secondary N) is 1. The molecule has 3 rings (SSSR count). The maximum absolute atomic E-state index is 13.0. The molecule has 0 bridgehead atoms. The number of likely N-dealkylation sites (tertiary alicyclic amines) is 1. The Morgan fingerprint density at radius 1 is 1.10 bits per heavy atom. The third-order valence-corrected chi connectivity index (χ3v) is 5.62. The number of nitrogens with zero attached hydrogens (tertiary/aromatic N) is 1. The first-order valence-corrected chi connectivity index (χ1v) is 9.59. The van der Waals surface area contributed by atoms with E-state index >= 15 is 0 Å². The van der Waals surface area contributed by atoms with E-state index < -0.39 is 59.7 Å². The second kappa shape index (κ2) is 8.45. The van der Waals surface area contributed by atoms with Gasteiger partial charge in [-0.3, -0.25) is 19.2 Å². The van der Waals surface area contributed by atoms with E-state index in [1.165, 1.54) is 17.0 Å². The van der Waals surface area contributed by atoms with Gasteiger partial charge in [-0.25, -0.2) is 0 Å². The molecule has 0 spiro atoms. The summed E-state index contributed by atoms with van der Waals surface area (Å²) in [6.45, 7) is -0.753. The summed E-state index contributed by atoms with van der Waals surface area (Å²) in [5.74, 6) is -5.73. The Morgan fingerprint density at radius 3 is 2.33 bits per heavy atom. The molecule has 3 atom stereocenters. The summed E-state index contributed by atoms with van der Waals surface area (Å²) >= 11 is 0. The van der Waals surface area contributed by atoms with E-state index in [4.69, 9.17) is 5.11 Å². The Bertz CT molecular complexity index is 853. The third-order valence-electron chi connectivity index (χ3n) is 5.62. The molecule has 2 aliphatic rings. The van der Waals surface area contributed by atoms with Crippen molar-refractivity contribution in [3.05, 3.63) is 35.4 Å². The summed E-state index contributed by atoms with van der Waals surface area (Å²) < 4.78 is 38.4. The Labute approximate surface area is 170 Å². The van der Waals surface area contributed by atoms with Crippen LogP contribution in [-0.2, 0) is 31.9 Å². The van der Waals surface area contributed by atoms with Gasteiger partial charge in [-0.15, -0.1) is 0 Å². The quantitative estimate of drug-likeness (QED) is 0.701. The van der Waals surface area contributed by atoms with E-state index in [1.807, 2.05) is 0 Å². The topological polar surface area (TPSA) is 104 Å². The monoisotopic (exact) mass is 426 g/mol. The van der Waals surface area contributed by atoms with Crippen LogP contribution in [0.25, 0.3) is 0 Å². The molecule has 7 nitrogen and oxygen atoms in total. The fourth-order valence-corrected chi connectivity index (χ4v) is 4.18. The predicted octanol–water partition coefficient (Wildman–Crippen LogP) is 1.99. The minimum Gasteiger partial charge on any atom is -0.480 e. The smallest absolute Gasteiger partial charge is 0.416 e. The minimum absolute atomic E-state index is 0.0336. The van der Waals surface area contributed by atoms with Crippen molar-refractivity contribution >= 4 is 23.6 Å². The zero-order valence-electron chi connectivity index (χ0n) is 15.9. The van der Waals surface area contributed by atoms with Gasteiger partial charge in [0.05, 0.1) is 5.56 Å². The van der Waals surface area contributed by atoms with Gasteiger partial charge in [0.25, 0.3) is 0 Å². The Hall–Kier alpha value is -2.91. The summed E-state index contributed by atoms with van der Waals surface area (Å²) in [7, 11) is 0. The van der Waals surface area contributed by atoms with Crippen LogP contribution in [0.4, 0.5) is 13.2 Å². The number of aliphatic carboxylic acids is 1. The Morgan fingerprint density at radius 2 is 1.73 bits per heavy atom. The highest BCUT2D eigenvalue weighted by Crippen LogP contribution is 2.37. The lowest BCUT2D eigenvalue weighted by Crippen LogP contribution is -2.61. The molecule has 1 saturated carbocycles. The van der Waals surface area contributed by atoms with Crippen LogP contribution < -0.4 is 5.32 Å². The van der Waals surface area contributed by atoms with E-state index in [2.05, 4.69) is 5.32 Å². The van der Waals surface area contributed by atoms with Crippen LogP contribution in [0.3, 0.4) is 0 Å². The highest BCUT2D eigenvalue weighted by atomic mass is 19.4. The molecule has 1 aromatic rings. The number of benzene rings is 1. The number of fused-ring (bicyclic) bond motifs is 1. The number of amides is 2. The standard InChI is InChI=1S/C20H21F3N2O5/c21-20(22,23)12-7-5-11(6-8-12)10-25-14-4-2-1-3-13(14)17(28)16(19(25)30)18(29)24-9-15(26)27/h5-8,13-14,16H,1-4,9-10H2,(H,24,29)(H,26,27). The fourth-order valence-electron chi connectivity index (χ4n) is 4.18. The molecular formula is C20H21F3N2O5. The van der Waals surface area contributed by atoms with Gasteiger partial charge in [-0.1, -0.05) is 25.0 Å². The number of hydrogen-bond donors (Lipinski definition) is 2. The van der Waals surface area contributed by atoms with Gasteiger partial charge in [0, 0.05) is 18.5 Å². The third kappa shape index (κ3) is 4.47. The van der Waals surface area contributed by atoms with E-state index in [0.717, 1.165) is 25.0 Å². The van der Waals surface area contributed by atoms with Gasteiger partial charge >= 0.3 is 12.1 Å². The second-order valence-electron chi connectivity index (χ2n) is 7.57. The number of rotatable bonds is 5. The molecule has 2 amide bonds. The molecule has 1 heterocycles. The number of carboxylic acids is 1. The van der Waals surface area contributed by atoms with Gasteiger partial charge < -0.3 is 15.3 Å². The van der Waals surface area contributed by atoms with Crippen LogP contribution in [0.2, 0.25) is 0 Å². The molecule has 3 unspecified atom stereocenters. The average molecular weight is 426 g/mol. The summed E-state index contributed by atoms with van der Waals surface area (Å²) in [5.41, 5.74) is -0.368. The van der Waals surface area contributed by atoms with Crippen molar-refractivity contribution in [2.24, 2.45) is 11.8 Å². The lowest BCUT2D eigenvalue weighted by atomic mass is 9.73. The summed E-state index contributed by atoms with van der Waals surface area (Å²) in [5, 5.41) is 10.8. The van der Waals surface area contributed by atoms with Crippen LogP contribution in [0.1, 0.15) is 36.8 Å². The molecule has 1 aliphatic carbocycles. The van der Waals surface area contributed by atoms with Crippen LogP contribution in [0.5, 0.6) is 0 Å². The number of Topliss-reactive ketones (excluding diaryl/α,β-unsaturated/α-hetero) is 1.